The van der Waals surface area contributed by atoms with Crippen LogP contribution in [0.15, 0.2) is 0 Å². The maximum Gasteiger partial charge on any atom is 2.00 e. The van der Waals surface area contributed by atoms with E-state index < -0.39 is 33.8 Å². The molecule has 112 valence electrons. The van der Waals surface area contributed by atoms with Gasteiger partial charge < -0.3 is 45.3 Å². The largest absolute Gasteiger partial charge is 2.00 e. The Kier molecular flexibility index (Phi) is 17.7. The Hall–Kier alpha value is 0.376. The zero-order chi connectivity index (χ0) is 15.7. The van der Waals surface area contributed by atoms with Crippen LogP contribution in [0.1, 0.15) is 6.92 Å². The van der Waals surface area contributed by atoms with Crippen molar-refractivity contribution in [2.24, 2.45) is 5.73 Å². The number of carboxylic acids is 1. The number of phosphoric acid groups is 2. The van der Waals surface area contributed by atoms with Crippen LogP contribution in [0.5, 0.6) is 0 Å². The minimum atomic E-state index is -4.89. The minimum absolute atomic E-state index is 0. The number of hydrogen-bond donors (Lipinski definition) is 7. The second-order valence-corrected chi connectivity index (χ2v) is 4.55. The van der Waals surface area contributed by atoms with Gasteiger partial charge >= 0.3 is 29.0 Å². The number of carbonyl (C=O) groups is 1. The number of rotatable bonds is 2. The van der Waals surface area contributed by atoms with E-state index in [4.69, 9.17) is 54.4 Å². The van der Waals surface area contributed by atoms with Crippen LogP contribution < -0.4 is 15.5 Å². The Bertz CT molecular complexity index is 286. The van der Waals surface area contributed by atoms with Gasteiger partial charge in [0.25, 0.3) is 15.6 Å². The molecule has 0 aliphatic heterocycles. The van der Waals surface area contributed by atoms with Gasteiger partial charge in [-0.15, -0.1) is 0 Å². The van der Waals surface area contributed by atoms with Crippen LogP contribution in [0.3, 0.4) is 0 Å². The van der Waals surface area contributed by atoms with Gasteiger partial charge in [0.1, 0.15) is 6.04 Å². The van der Waals surface area contributed by atoms with Crippen molar-refractivity contribution in [1.29, 1.82) is 0 Å². The fraction of sp³-hybridized carbons (Fsp3) is 0.750. The molecule has 0 amide bonds. The van der Waals surface area contributed by atoms with E-state index in [1.807, 2.05) is 0 Å². The molecule has 0 aliphatic carbocycles. The van der Waals surface area contributed by atoms with Crippen LogP contribution in [0.25, 0.3) is 0 Å². The van der Waals surface area contributed by atoms with Crippen LogP contribution in [0, 0.1) is 0 Å². The third-order valence-corrected chi connectivity index (χ3v) is 0.805. The molecule has 0 aromatic rings. The molecule has 8 N–H and O–H groups in total. The average molecular weight is 337 g/mol. The fourth-order valence-corrected chi connectivity index (χ4v) is 0.206. The van der Waals surface area contributed by atoms with E-state index in [9.17, 15) is 4.79 Å². The number of aliphatic hydroxyl groups excluding tert-OH is 1. The topological polar surface area (TPSA) is 245 Å². The summed E-state index contributed by atoms with van der Waals surface area (Å²) < 4.78 is 17.5. The first-order valence-electron chi connectivity index (χ1n) is 3.75. The van der Waals surface area contributed by atoms with Crippen molar-refractivity contribution < 1.29 is 53.5 Å². The minimum Gasteiger partial charge on any atom is -0.756 e. The predicted octanol–water partition coefficient (Wildman–Crippen LogP) is -4.72. The molecule has 0 bridgehead atoms. The van der Waals surface area contributed by atoms with E-state index in [0.29, 0.717) is 0 Å². The summed E-state index contributed by atoms with van der Waals surface area (Å²) in [6.07, 6.45) is -0.979. The Morgan fingerprint density at radius 3 is 1.26 bits per heavy atom. The quantitative estimate of drug-likeness (QED) is 0.185. The van der Waals surface area contributed by atoms with Gasteiger partial charge in [0.05, 0.1) is 6.10 Å². The van der Waals surface area contributed by atoms with E-state index in [2.05, 4.69) is 0 Å². The van der Waals surface area contributed by atoms with Gasteiger partial charge in [0.2, 0.25) is 0 Å². The molecule has 0 saturated heterocycles. The third-order valence-electron chi connectivity index (χ3n) is 0.805. The molecule has 15 heteroatoms. The van der Waals surface area contributed by atoms with Gasteiger partial charge in [0, 0.05) is 0 Å². The van der Waals surface area contributed by atoms with Crippen molar-refractivity contribution in [1.82, 2.24) is 0 Å². The monoisotopic (exact) mass is 337 g/mol. The van der Waals surface area contributed by atoms with Gasteiger partial charge in [-0.3, -0.25) is 13.9 Å². The van der Waals surface area contributed by atoms with E-state index in [1.165, 1.54) is 6.92 Å². The zero-order valence-corrected chi connectivity index (χ0v) is 12.8. The molecule has 2 atom stereocenters. The maximum absolute atomic E-state index is 9.86. The Balaban J connectivity index is -0.0000000906. The summed E-state index contributed by atoms with van der Waals surface area (Å²) in [7, 11) is -9.78. The molecule has 2 unspecified atom stereocenters. The summed E-state index contributed by atoms with van der Waals surface area (Å²) in [5.74, 6) is -1.18. The normalized spacial score (nSPS) is 13.5. The Labute approximate surface area is 123 Å². The van der Waals surface area contributed by atoms with Gasteiger partial charge in [0.15, 0.2) is 0 Å². The fourth-order valence-electron chi connectivity index (χ4n) is 0.206. The van der Waals surface area contributed by atoms with Crippen molar-refractivity contribution in [3.63, 3.8) is 0 Å². The summed E-state index contributed by atoms with van der Waals surface area (Å²) in [6, 6.07) is -1.16. The van der Waals surface area contributed by atoms with Gasteiger partial charge in [-0.05, 0) is 6.92 Å². The van der Waals surface area contributed by atoms with Crippen molar-refractivity contribution in [3.8, 4) is 0 Å². The average Bonchev–Trinajstić information content (AvgIpc) is 1.95. The summed E-state index contributed by atoms with van der Waals surface area (Å²) in [5, 5.41) is 16.6. The van der Waals surface area contributed by atoms with E-state index in [0.717, 1.165) is 0 Å². The first-order chi connectivity index (χ1) is 7.55. The molecule has 0 rings (SSSR count). The van der Waals surface area contributed by atoms with Crippen LogP contribution >= 0.6 is 15.6 Å². The molecule has 0 spiro atoms. The van der Waals surface area contributed by atoms with E-state index in [-0.39, 0.29) is 23.1 Å². The summed E-state index contributed by atoms with van der Waals surface area (Å²) in [6.45, 7) is 1.33. The molecular formula is C4H13MgNO11P2. The van der Waals surface area contributed by atoms with Gasteiger partial charge in [-0.1, -0.05) is 0 Å². The molecule has 0 aromatic carbocycles. The standard InChI is InChI=1S/C4H9NO3.Mg.2H3O4P/c1-2(6)3(5)4(7)8;;2*1-5(2,3)4/h2-3,6H,5H2,1H3,(H,7,8);;2*(H3,1,2,3,4)/q;+2;;/p-2. The molecule has 0 aromatic heterocycles. The second kappa shape index (κ2) is 12.1. The van der Waals surface area contributed by atoms with Gasteiger partial charge in [-0.2, -0.15) is 0 Å². The predicted molar refractivity (Wildman–Crippen MR) is 57.1 cm³/mol. The molecule has 0 radical (unpaired) electrons. The zero-order valence-electron chi connectivity index (χ0n) is 9.56. The second-order valence-electron chi connectivity index (χ2n) is 2.59. The van der Waals surface area contributed by atoms with Crippen molar-refractivity contribution in [2.45, 2.75) is 19.1 Å². The maximum atomic E-state index is 9.86. The molecule has 0 aliphatic rings. The van der Waals surface area contributed by atoms with Crippen LogP contribution in [0.2, 0.25) is 0 Å². The molecule has 0 fully saturated rings. The first-order valence-corrected chi connectivity index (χ1v) is 6.81. The number of aliphatic hydroxyl groups is 1. The molecule has 12 nitrogen and oxygen atoms in total. The third kappa shape index (κ3) is 70.2. The Morgan fingerprint density at radius 1 is 1.11 bits per heavy atom. The number of nitrogens with two attached hydrogens (primary N) is 1. The number of aliphatic carboxylic acids is 1. The van der Waals surface area contributed by atoms with Crippen LogP contribution in [-0.4, -0.2) is 71.0 Å². The van der Waals surface area contributed by atoms with E-state index in [1.54, 1.807) is 0 Å². The SMILES string of the molecule is CC(O)C(N)C(=O)O.O=P([O-])(O)O.O=P([O-])(O)O.[Mg+2]. The van der Waals surface area contributed by atoms with Gasteiger partial charge in [-0.25, -0.2) is 0 Å². The summed E-state index contributed by atoms with van der Waals surface area (Å²) in [5.41, 5.74) is 4.91. The molecular weight excluding hydrogens is 324 g/mol. The first kappa shape index (κ1) is 27.7. The van der Waals surface area contributed by atoms with Crippen molar-refractivity contribution in [2.75, 3.05) is 0 Å². The molecule has 19 heavy (non-hydrogen) atoms. The van der Waals surface area contributed by atoms with Crippen LogP contribution in [0.4, 0.5) is 0 Å². The smallest absolute Gasteiger partial charge is 0.756 e. The summed E-state index contributed by atoms with van der Waals surface area (Å²) in [4.78, 5) is 55.7. The Morgan fingerprint density at radius 2 is 1.26 bits per heavy atom. The summed E-state index contributed by atoms with van der Waals surface area (Å²) >= 11 is 0. The van der Waals surface area contributed by atoms with Crippen molar-refractivity contribution >= 4 is 44.7 Å². The molecule has 0 heterocycles. The van der Waals surface area contributed by atoms with E-state index >= 15 is 0 Å². The number of carboxylic acid groups (broad SMARTS) is 1. The van der Waals surface area contributed by atoms with Crippen molar-refractivity contribution in [3.05, 3.63) is 0 Å². The van der Waals surface area contributed by atoms with Crippen LogP contribution in [-0.2, 0) is 13.9 Å². The molecule has 0 saturated carbocycles. The number of hydrogen-bond acceptors (Lipinski definition) is 7.